The van der Waals surface area contributed by atoms with E-state index in [1.807, 2.05) is 31.7 Å². The molecule has 2 aliphatic rings. The van der Waals surface area contributed by atoms with Crippen molar-refractivity contribution in [2.24, 2.45) is 0 Å². The van der Waals surface area contributed by atoms with Crippen LogP contribution in [-0.2, 0) is 4.74 Å². The van der Waals surface area contributed by atoms with Gasteiger partial charge in [0.15, 0.2) is 5.69 Å². The number of rotatable bonds is 4. The van der Waals surface area contributed by atoms with E-state index in [9.17, 15) is 9.18 Å². The quantitative estimate of drug-likeness (QED) is 0.756. The molecule has 0 radical (unpaired) electrons. The molecule has 0 spiro atoms. The summed E-state index contributed by atoms with van der Waals surface area (Å²) in [6.07, 6.45) is 3.99. The highest BCUT2D eigenvalue weighted by atomic mass is 19.1. The topological polar surface area (TPSA) is 96.1 Å². The van der Waals surface area contributed by atoms with Crippen molar-refractivity contribution in [3.8, 4) is 6.07 Å². The van der Waals surface area contributed by atoms with Gasteiger partial charge in [-0.2, -0.15) is 5.26 Å². The van der Waals surface area contributed by atoms with Crippen LogP contribution in [0, 0.1) is 17.1 Å². The van der Waals surface area contributed by atoms with Gasteiger partial charge in [-0.1, -0.05) is 17.3 Å². The number of carbonyl (C=O) groups excluding carboxylic acids is 1. The first-order chi connectivity index (χ1) is 15.8. The van der Waals surface area contributed by atoms with Gasteiger partial charge >= 0.3 is 6.09 Å². The molecule has 1 aromatic carbocycles. The molecule has 8 nitrogen and oxygen atoms in total. The first kappa shape index (κ1) is 23.2. The molecule has 1 aliphatic carbocycles. The molecular weight excluding hydrogens is 423 g/mol. The molecule has 1 aromatic heterocycles. The summed E-state index contributed by atoms with van der Waals surface area (Å²) in [5.41, 5.74) is 0.812. The largest absolute Gasteiger partial charge is 0.444 e. The third-order valence-corrected chi connectivity index (χ3v) is 6.59. The Kier molecular flexibility index (Phi) is 6.66. The first-order valence-electron chi connectivity index (χ1n) is 11.5. The van der Waals surface area contributed by atoms with E-state index in [1.165, 1.54) is 12.1 Å². The Balaban J connectivity index is 1.58. The van der Waals surface area contributed by atoms with Crippen LogP contribution in [0.15, 0.2) is 30.5 Å². The molecule has 1 saturated carbocycles. The van der Waals surface area contributed by atoms with Crippen molar-refractivity contribution in [3.05, 3.63) is 47.5 Å². The molecule has 0 bridgehead atoms. The van der Waals surface area contributed by atoms with Gasteiger partial charge in [-0.25, -0.2) is 13.9 Å². The van der Waals surface area contributed by atoms with Crippen molar-refractivity contribution in [1.29, 1.82) is 5.26 Å². The van der Waals surface area contributed by atoms with Crippen LogP contribution in [0.25, 0.3) is 0 Å². The van der Waals surface area contributed by atoms with Crippen LogP contribution < -0.4 is 5.32 Å². The van der Waals surface area contributed by atoms with E-state index in [0.717, 1.165) is 31.5 Å². The van der Waals surface area contributed by atoms with E-state index >= 15 is 0 Å². The summed E-state index contributed by atoms with van der Waals surface area (Å²) in [6, 6.07) is 8.25. The van der Waals surface area contributed by atoms with Gasteiger partial charge in [0.25, 0.3) is 0 Å². The number of piperidine rings is 1. The van der Waals surface area contributed by atoms with Crippen LogP contribution in [0.1, 0.15) is 69.7 Å². The average molecular weight is 455 g/mol. The van der Waals surface area contributed by atoms with Crippen molar-refractivity contribution in [2.45, 2.75) is 76.1 Å². The zero-order valence-electron chi connectivity index (χ0n) is 19.4. The number of benzene rings is 1. The predicted molar refractivity (Wildman–Crippen MR) is 120 cm³/mol. The van der Waals surface area contributed by atoms with Gasteiger partial charge in [0, 0.05) is 18.1 Å². The summed E-state index contributed by atoms with van der Waals surface area (Å²) >= 11 is 0. The lowest BCUT2D eigenvalue weighted by molar-refractivity contribution is 0.00403. The van der Waals surface area contributed by atoms with Gasteiger partial charge in [-0.3, -0.25) is 4.90 Å². The van der Waals surface area contributed by atoms with Gasteiger partial charge < -0.3 is 10.1 Å². The molecule has 176 valence electrons. The summed E-state index contributed by atoms with van der Waals surface area (Å²) in [7, 11) is 0. The van der Waals surface area contributed by atoms with Crippen LogP contribution in [0.5, 0.6) is 0 Å². The monoisotopic (exact) mass is 454 g/mol. The molecule has 4 unspecified atom stereocenters. The summed E-state index contributed by atoms with van der Waals surface area (Å²) in [4.78, 5) is 15.4. The zero-order valence-corrected chi connectivity index (χ0v) is 19.4. The lowest BCUT2D eigenvalue weighted by Crippen LogP contribution is -2.57. The highest BCUT2D eigenvalue weighted by Gasteiger charge is 2.42. The molecule has 2 heterocycles. The maximum absolute atomic E-state index is 13.5. The molecule has 4 rings (SSSR count). The Labute approximate surface area is 193 Å². The van der Waals surface area contributed by atoms with Gasteiger partial charge in [0.05, 0.1) is 12.2 Å². The third kappa shape index (κ3) is 5.17. The fourth-order valence-electron chi connectivity index (χ4n) is 5.09. The van der Waals surface area contributed by atoms with E-state index < -0.39 is 11.6 Å². The number of ether oxygens (including phenoxy) is 1. The number of hydrogen-bond acceptors (Lipinski definition) is 6. The molecule has 1 amide bonds. The first-order valence-corrected chi connectivity index (χ1v) is 11.5. The minimum Gasteiger partial charge on any atom is -0.444 e. The number of hydrogen-bond donors (Lipinski definition) is 1. The lowest BCUT2D eigenvalue weighted by Gasteiger charge is -2.43. The van der Waals surface area contributed by atoms with E-state index in [0.29, 0.717) is 12.8 Å². The normalized spacial score (nSPS) is 25.4. The maximum Gasteiger partial charge on any atom is 0.410 e. The number of amides is 1. The van der Waals surface area contributed by atoms with Gasteiger partial charge in [-0.05, 0) is 76.6 Å². The Morgan fingerprint density at radius 1 is 1.30 bits per heavy atom. The number of nitrogens with zero attached hydrogens (tertiary/aromatic N) is 5. The summed E-state index contributed by atoms with van der Waals surface area (Å²) < 4.78 is 21.2. The smallest absolute Gasteiger partial charge is 0.410 e. The summed E-state index contributed by atoms with van der Waals surface area (Å²) in [6.45, 7) is 7.77. The van der Waals surface area contributed by atoms with E-state index in [1.54, 1.807) is 23.0 Å². The summed E-state index contributed by atoms with van der Waals surface area (Å²) in [5.74, 6) is -0.212. The minimum absolute atomic E-state index is 0.0653. The molecule has 1 N–H and O–H groups in total. The van der Waals surface area contributed by atoms with Crippen molar-refractivity contribution >= 4 is 6.09 Å². The molecular formula is C24H31FN6O2. The Hall–Kier alpha value is -2.99. The molecule has 9 heteroatoms. The van der Waals surface area contributed by atoms with Gasteiger partial charge in [0.2, 0.25) is 0 Å². The SMILES string of the molecule is CC(C)(C)N(C(=O)OC1CC(c2ccc(F)cc2)CC1n1cc(C#N)nn1)C1CCCNC1. The molecule has 4 atom stereocenters. The van der Waals surface area contributed by atoms with Crippen LogP contribution in [-0.4, -0.2) is 56.8 Å². The zero-order chi connectivity index (χ0) is 23.6. The van der Waals surface area contributed by atoms with E-state index in [4.69, 9.17) is 10.00 Å². The second-order valence-electron chi connectivity index (χ2n) is 9.95. The molecule has 33 heavy (non-hydrogen) atoms. The van der Waals surface area contributed by atoms with Crippen molar-refractivity contribution in [3.63, 3.8) is 0 Å². The Bertz CT molecular complexity index is 1000. The standard InChI is InChI=1S/C24H31FN6O2/c1-24(2,3)31(20-5-4-10-27-14-20)23(32)33-22-12-17(16-6-8-18(25)9-7-16)11-21(22)30-15-19(13-26)28-29-30/h6-9,15,17,20-22,27H,4-5,10-12,14H2,1-3H3. The lowest BCUT2D eigenvalue weighted by atomic mass is 9.97. The van der Waals surface area contributed by atoms with Crippen molar-refractivity contribution < 1.29 is 13.9 Å². The number of carbonyl (C=O) groups is 1. The average Bonchev–Trinajstić information content (AvgIpc) is 3.41. The maximum atomic E-state index is 13.5. The van der Waals surface area contributed by atoms with Crippen molar-refractivity contribution in [1.82, 2.24) is 25.2 Å². The van der Waals surface area contributed by atoms with E-state index in [2.05, 4.69) is 15.6 Å². The summed E-state index contributed by atoms with van der Waals surface area (Å²) in [5, 5.41) is 20.6. The molecule has 2 aromatic rings. The second kappa shape index (κ2) is 9.48. The fraction of sp³-hybridized carbons (Fsp3) is 0.583. The number of nitrogens with one attached hydrogen (secondary N) is 1. The van der Waals surface area contributed by atoms with Crippen LogP contribution in [0.2, 0.25) is 0 Å². The number of aromatic nitrogens is 3. The Morgan fingerprint density at radius 2 is 2.06 bits per heavy atom. The van der Waals surface area contributed by atoms with E-state index in [-0.39, 0.29) is 35.6 Å². The van der Waals surface area contributed by atoms with Crippen LogP contribution in [0.3, 0.4) is 0 Å². The predicted octanol–water partition coefficient (Wildman–Crippen LogP) is 3.77. The van der Waals surface area contributed by atoms with Crippen LogP contribution >= 0.6 is 0 Å². The fourth-order valence-corrected chi connectivity index (χ4v) is 5.09. The van der Waals surface area contributed by atoms with Crippen molar-refractivity contribution in [2.75, 3.05) is 13.1 Å². The number of halogens is 1. The second-order valence-corrected chi connectivity index (χ2v) is 9.95. The van der Waals surface area contributed by atoms with Gasteiger partial charge in [-0.15, -0.1) is 5.10 Å². The molecule has 2 fully saturated rings. The minimum atomic E-state index is -0.442. The highest BCUT2D eigenvalue weighted by Crippen LogP contribution is 2.43. The molecule has 1 saturated heterocycles. The number of nitriles is 1. The third-order valence-electron chi connectivity index (χ3n) is 6.59. The van der Waals surface area contributed by atoms with Crippen LogP contribution in [0.4, 0.5) is 9.18 Å². The highest BCUT2D eigenvalue weighted by molar-refractivity contribution is 5.69. The van der Waals surface area contributed by atoms with Gasteiger partial charge in [0.1, 0.15) is 18.0 Å². The Morgan fingerprint density at radius 3 is 2.67 bits per heavy atom. The molecule has 1 aliphatic heterocycles.